The van der Waals surface area contributed by atoms with E-state index >= 15 is 0 Å². The van der Waals surface area contributed by atoms with Gasteiger partial charge in [0, 0.05) is 26.7 Å². The van der Waals surface area contributed by atoms with E-state index in [0.29, 0.717) is 32.8 Å². The molecule has 0 bridgehead atoms. The molecule has 0 spiro atoms. The van der Waals surface area contributed by atoms with Crippen molar-refractivity contribution in [1.82, 2.24) is 15.1 Å². The number of morpholine rings is 1. The van der Waals surface area contributed by atoms with Crippen LogP contribution in [0.2, 0.25) is 0 Å². The van der Waals surface area contributed by atoms with Crippen LogP contribution in [0, 0.1) is 0 Å². The van der Waals surface area contributed by atoms with E-state index in [-0.39, 0.29) is 18.0 Å². The molecular formula is C12H21N3O3. The minimum Gasteiger partial charge on any atom is -0.378 e. The van der Waals surface area contributed by atoms with Crippen molar-refractivity contribution in [3.8, 4) is 0 Å². The zero-order chi connectivity index (χ0) is 13.0. The van der Waals surface area contributed by atoms with E-state index in [9.17, 15) is 9.59 Å². The average molecular weight is 255 g/mol. The fourth-order valence-corrected chi connectivity index (χ4v) is 2.54. The normalized spacial score (nSPS) is 24.8. The highest BCUT2D eigenvalue weighted by atomic mass is 16.5. The van der Waals surface area contributed by atoms with Crippen LogP contribution in [0.1, 0.15) is 19.3 Å². The monoisotopic (exact) mass is 255 g/mol. The fourth-order valence-electron chi connectivity index (χ4n) is 2.54. The molecule has 0 aromatic carbocycles. The molecule has 6 nitrogen and oxygen atoms in total. The number of ether oxygens (including phenoxy) is 1. The highest BCUT2D eigenvalue weighted by Crippen LogP contribution is 2.19. The second-order valence-electron chi connectivity index (χ2n) is 4.70. The molecule has 2 saturated heterocycles. The Kier molecular flexibility index (Phi) is 4.41. The van der Waals surface area contributed by atoms with Crippen molar-refractivity contribution in [2.24, 2.45) is 0 Å². The van der Waals surface area contributed by atoms with Crippen molar-refractivity contribution in [2.45, 2.75) is 25.3 Å². The van der Waals surface area contributed by atoms with Gasteiger partial charge in [-0.3, -0.25) is 4.79 Å². The van der Waals surface area contributed by atoms with Crippen molar-refractivity contribution >= 4 is 11.9 Å². The van der Waals surface area contributed by atoms with Gasteiger partial charge in [-0.1, -0.05) is 0 Å². The van der Waals surface area contributed by atoms with Crippen molar-refractivity contribution in [1.29, 1.82) is 0 Å². The van der Waals surface area contributed by atoms with Gasteiger partial charge in [-0.25, -0.2) is 4.79 Å². The highest BCUT2D eigenvalue weighted by molar-refractivity contribution is 5.87. The van der Waals surface area contributed by atoms with E-state index in [0.717, 1.165) is 19.3 Å². The van der Waals surface area contributed by atoms with E-state index in [4.69, 9.17) is 4.74 Å². The molecule has 0 aliphatic carbocycles. The summed E-state index contributed by atoms with van der Waals surface area (Å²) in [5, 5.41) is 2.65. The molecule has 2 fully saturated rings. The van der Waals surface area contributed by atoms with Crippen LogP contribution in [0.4, 0.5) is 4.79 Å². The maximum absolute atomic E-state index is 12.4. The first kappa shape index (κ1) is 13.1. The number of urea groups is 1. The quantitative estimate of drug-likeness (QED) is 0.719. The average Bonchev–Trinajstić information content (AvgIpc) is 2.46. The zero-order valence-electron chi connectivity index (χ0n) is 10.9. The molecule has 0 radical (unpaired) electrons. The lowest BCUT2D eigenvalue weighted by atomic mass is 10.0. The number of piperidine rings is 1. The molecule has 1 unspecified atom stereocenters. The van der Waals surface area contributed by atoms with Gasteiger partial charge in [0.1, 0.15) is 6.04 Å². The number of amides is 3. The third-order valence-electron chi connectivity index (χ3n) is 3.58. The van der Waals surface area contributed by atoms with Gasteiger partial charge in [-0.15, -0.1) is 0 Å². The number of rotatable bonds is 1. The van der Waals surface area contributed by atoms with Crippen LogP contribution < -0.4 is 5.32 Å². The van der Waals surface area contributed by atoms with Crippen LogP contribution in [0.15, 0.2) is 0 Å². The number of carbonyl (C=O) groups is 2. The van der Waals surface area contributed by atoms with Crippen molar-refractivity contribution in [3.05, 3.63) is 0 Å². The molecule has 1 atom stereocenters. The second kappa shape index (κ2) is 6.04. The molecule has 102 valence electrons. The summed E-state index contributed by atoms with van der Waals surface area (Å²) >= 11 is 0. The Labute approximate surface area is 107 Å². The third kappa shape index (κ3) is 2.75. The summed E-state index contributed by atoms with van der Waals surface area (Å²) in [6.45, 7) is 3.09. The Morgan fingerprint density at radius 1 is 1.17 bits per heavy atom. The lowest BCUT2D eigenvalue weighted by Gasteiger charge is -2.39. The topological polar surface area (TPSA) is 61.9 Å². The van der Waals surface area contributed by atoms with Gasteiger partial charge in [-0.2, -0.15) is 0 Å². The molecule has 0 aromatic heterocycles. The summed E-state index contributed by atoms with van der Waals surface area (Å²) in [6, 6.07) is -0.328. The van der Waals surface area contributed by atoms with Crippen LogP contribution >= 0.6 is 0 Å². The first-order valence-corrected chi connectivity index (χ1v) is 6.59. The SMILES string of the molecule is CNC(=O)C1CCCCN1C(=O)N1CCOCC1. The van der Waals surface area contributed by atoms with Gasteiger partial charge in [0.2, 0.25) is 5.91 Å². The van der Waals surface area contributed by atoms with Gasteiger partial charge >= 0.3 is 6.03 Å². The Bertz CT molecular complexity index is 316. The number of carbonyl (C=O) groups excluding carboxylic acids is 2. The summed E-state index contributed by atoms with van der Waals surface area (Å²) < 4.78 is 5.24. The van der Waals surface area contributed by atoms with Crippen molar-refractivity contribution in [3.63, 3.8) is 0 Å². The maximum Gasteiger partial charge on any atom is 0.320 e. The minimum absolute atomic E-state index is 0.0217. The molecule has 18 heavy (non-hydrogen) atoms. The number of nitrogens with one attached hydrogen (secondary N) is 1. The van der Waals surface area contributed by atoms with Crippen LogP contribution in [-0.2, 0) is 9.53 Å². The van der Waals surface area contributed by atoms with Crippen LogP contribution in [0.5, 0.6) is 0 Å². The summed E-state index contributed by atoms with van der Waals surface area (Å²) in [4.78, 5) is 27.7. The van der Waals surface area contributed by atoms with Crippen LogP contribution in [0.25, 0.3) is 0 Å². The van der Waals surface area contributed by atoms with Crippen molar-refractivity contribution in [2.75, 3.05) is 39.9 Å². The molecule has 2 rings (SSSR count). The molecule has 0 aromatic rings. The van der Waals surface area contributed by atoms with E-state index in [1.807, 2.05) is 0 Å². The van der Waals surface area contributed by atoms with Gasteiger partial charge in [0.15, 0.2) is 0 Å². The minimum atomic E-state index is -0.306. The first-order chi connectivity index (χ1) is 8.74. The molecule has 0 saturated carbocycles. The molecule has 1 N–H and O–H groups in total. The molecule has 2 heterocycles. The number of hydrogen-bond acceptors (Lipinski definition) is 3. The highest BCUT2D eigenvalue weighted by Gasteiger charge is 2.34. The Balaban J connectivity index is 2.03. The smallest absolute Gasteiger partial charge is 0.320 e. The zero-order valence-corrected chi connectivity index (χ0v) is 10.9. The standard InChI is InChI=1S/C12H21N3O3/c1-13-11(16)10-4-2-3-5-15(10)12(17)14-6-8-18-9-7-14/h10H,2-9H2,1H3,(H,13,16). The van der Waals surface area contributed by atoms with E-state index in [2.05, 4.69) is 5.32 Å². The fraction of sp³-hybridized carbons (Fsp3) is 0.833. The lowest BCUT2D eigenvalue weighted by Crippen LogP contribution is -2.56. The summed E-state index contributed by atoms with van der Waals surface area (Å²) in [7, 11) is 1.62. The van der Waals surface area contributed by atoms with Gasteiger partial charge in [-0.05, 0) is 19.3 Å². The van der Waals surface area contributed by atoms with Crippen LogP contribution in [-0.4, -0.2) is 67.7 Å². The number of hydrogen-bond donors (Lipinski definition) is 1. The predicted molar refractivity (Wildman–Crippen MR) is 66.2 cm³/mol. The van der Waals surface area contributed by atoms with Gasteiger partial charge in [0.25, 0.3) is 0 Å². The Morgan fingerprint density at radius 2 is 1.89 bits per heavy atom. The van der Waals surface area contributed by atoms with E-state index in [1.54, 1.807) is 16.8 Å². The molecule has 6 heteroatoms. The van der Waals surface area contributed by atoms with Crippen LogP contribution in [0.3, 0.4) is 0 Å². The molecular weight excluding hydrogens is 234 g/mol. The van der Waals surface area contributed by atoms with Gasteiger partial charge in [0.05, 0.1) is 13.2 Å². The second-order valence-corrected chi connectivity index (χ2v) is 4.70. The predicted octanol–water partition coefficient (Wildman–Crippen LogP) is 0.0391. The number of nitrogens with zero attached hydrogens (tertiary/aromatic N) is 2. The molecule has 2 aliphatic rings. The maximum atomic E-state index is 12.4. The number of likely N-dealkylation sites (tertiary alicyclic amines) is 1. The van der Waals surface area contributed by atoms with Gasteiger partial charge < -0.3 is 19.9 Å². The Morgan fingerprint density at radius 3 is 2.56 bits per heavy atom. The Hall–Kier alpha value is -1.30. The third-order valence-corrected chi connectivity index (χ3v) is 3.58. The first-order valence-electron chi connectivity index (χ1n) is 6.59. The van der Waals surface area contributed by atoms with E-state index < -0.39 is 0 Å². The number of likely N-dealkylation sites (N-methyl/N-ethyl adjacent to an activating group) is 1. The van der Waals surface area contributed by atoms with E-state index in [1.165, 1.54) is 0 Å². The largest absolute Gasteiger partial charge is 0.378 e. The molecule has 3 amide bonds. The summed E-state index contributed by atoms with van der Waals surface area (Å²) in [6.07, 6.45) is 2.74. The summed E-state index contributed by atoms with van der Waals surface area (Å²) in [5.74, 6) is -0.0590. The summed E-state index contributed by atoms with van der Waals surface area (Å²) in [5.41, 5.74) is 0. The molecule has 2 aliphatic heterocycles. The lowest BCUT2D eigenvalue weighted by molar-refractivity contribution is -0.126. The van der Waals surface area contributed by atoms with Crippen molar-refractivity contribution < 1.29 is 14.3 Å².